The lowest BCUT2D eigenvalue weighted by molar-refractivity contribution is -0.130. The fraction of sp³-hybridized carbons (Fsp3) is 0.222. The van der Waals surface area contributed by atoms with E-state index in [-0.39, 0.29) is 5.91 Å². The molecule has 4 aromatic rings. The molecule has 0 spiro atoms. The van der Waals surface area contributed by atoms with Crippen molar-refractivity contribution in [3.8, 4) is 27.6 Å². The number of carbonyl (C=O) groups is 1. The zero-order valence-electron chi connectivity index (χ0n) is 19.1. The van der Waals surface area contributed by atoms with Crippen LogP contribution in [0, 0.1) is 0 Å². The summed E-state index contributed by atoms with van der Waals surface area (Å²) in [4.78, 5) is 26.0. The van der Waals surface area contributed by atoms with Crippen molar-refractivity contribution in [2.45, 2.75) is 6.42 Å². The van der Waals surface area contributed by atoms with E-state index in [2.05, 4.69) is 39.5 Å². The zero-order valence-corrected chi connectivity index (χ0v) is 19.9. The molecule has 0 unspecified atom stereocenters. The Kier molecular flexibility index (Phi) is 6.53. The topological polar surface area (TPSA) is 58.6 Å². The summed E-state index contributed by atoms with van der Waals surface area (Å²) < 4.78 is 5.24. The Morgan fingerprint density at radius 1 is 0.912 bits per heavy atom. The number of benzene rings is 2. The third-order valence-corrected chi connectivity index (χ3v) is 7.00. The second-order valence-electron chi connectivity index (χ2n) is 8.21. The highest BCUT2D eigenvalue weighted by Gasteiger charge is 2.21. The number of carbonyl (C=O) groups excluding carboxylic acids is 1. The van der Waals surface area contributed by atoms with Crippen molar-refractivity contribution >= 4 is 22.9 Å². The smallest absolute Gasteiger partial charge is 0.227 e. The van der Waals surface area contributed by atoms with Crippen molar-refractivity contribution in [3.63, 3.8) is 0 Å². The first-order valence-electron chi connectivity index (χ1n) is 11.3. The van der Waals surface area contributed by atoms with Gasteiger partial charge in [-0.2, -0.15) is 0 Å². The molecule has 1 aliphatic heterocycles. The lowest BCUT2D eigenvalue weighted by atomic mass is 10.1. The number of amides is 1. The van der Waals surface area contributed by atoms with Gasteiger partial charge in [0, 0.05) is 60.8 Å². The van der Waals surface area contributed by atoms with Crippen LogP contribution in [0.5, 0.6) is 5.75 Å². The Hall–Kier alpha value is -3.71. The molecule has 0 atom stereocenters. The molecule has 3 heterocycles. The molecular weight excluding hydrogens is 444 g/mol. The Morgan fingerprint density at radius 3 is 2.29 bits per heavy atom. The van der Waals surface area contributed by atoms with Crippen LogP contribution in [0.15, 0.2) is 78.4 Å². The van der Waals surface area contributed by atoms with Crippen LogP contribution in [0.25, 0.3) is 21.8 Å². The molecule has 6 nitrogen and oxygen atoms in total. The minimum atomic E-state index is 0.177. The highest BCUT2D eigenvalue weighted by molar-refractivity contribution is 7.13. The van der Waals surface area contributed by atoms with Gasteiger partial charge in [0.25, 0.3) is 0 Å². The molecule has 0 bridgehead atoms. The van der Waals surface area contributed by atoms with Crippen LogP contribution in [0.1, 0.15) is 5.56 Å². The minimum absolute atomic E-state index is 0.177. The average Bonchev–Trinajstić information content (AvgIpc) is 3.40. The SMILES string of the molecule is COc1ccc(N2CCN(C(=O)Cc3ccc(-c4csc(-c5ccncc5)n4)cc3)CC2)cc1. The van der Waals surface area contributed by atoms with Gasteiger partial charge in [-0.05, 0) is 42.0 Å². The first kappa shape index (κ1) is 22.1. The molecule has 1 aliphatic rings. The van der Waals surface area contributed by atoms with Gasteiger partial charge in [0.2, 0.25) is 5.91 Å². The van der Waals surface area contributed by atoms with Crippen molar-refractivity contribution in [3.05, 3.63) is 84.0 Å². The Bertz CT molecular complexity index is 1230. The summed E-state index contributed by atoms with van der Waals surface area (Å²) in [6.07, 6.45) is 3.98. The van der Waals surface area contributed by atoms with Gasteiger partial charge in [0.1, 0.15) is 10.8 Å². The first-order valence-corrected chi connectivity index (χ1v) is 12.2. The van der Waals surface area contributed by atoms with Gasteiger partial charge in [-0.3, -0.25) is 9.78 Å². The number of nitrogens with zero attached hydrogens (tertiary/aromatic N) is 4. The second kappa shape index (κ2) is 10.1. The van der Waals surface area contributed by atoms with Gasteiger partial charge >= 0.3 is 0 Å². The number of ether oxygens (including phenoxy) is 1. The summed E-state index contributed by atoms with van der Waals surface area (Å²) >= 11 is 1.62. The Labute approximate surface area is 203 Å². The summed E-state index contributed by atoms with van der Waals surface area (Å²) in [7, 11) is 1.67. The summed E-state index contributed by atoms with van der Waals surface area (Å²) in [5.74, 6) is 1.03. The van der Waals surface area contributed by atoms with Crippen molar-refractivity contribution in [2.75, 3.05) is 38.2 Å². The molecule has 5 rings (SSSR count). The third kappa shape index (κ3) is 4.94. The van der Waals surface area contributed by atoms with Crippen molar-refractivity contribution in [1.29, 1.82) is 0 Å². The van der Waals surface area contributed by atoms with Crippen LogP contribution in [0.3, 0.4) is 0 Å². The fourth-order valence-electron chi connectivity index (χ4n) is 4.12. The highest BCUT2D eigenvalue weighted by atomic mass is 32.1. The zero-order chi connectivity index (χ0) is 23.3. The van der Waals surface area contributed by atoms with E-state index < -0.39 is 0 Å². The van der Waals surface area contributed by atoms with Crippen LogP contribution in [-0.2, 0) is 11.2 Å². The van der Waals surface area contributed by atoms with E-state index >= 15 is 0 Å². The molecule has 2 aromatic heterocycles. The fourth-order valence-corrected chi connectivity index (χ4v) is 4.96. The van der Waals surface area contributed by atoms with Gasteiger partial charge in [-0.1, -0.05) is 24.3 Å². The van der Waals surface area contributed by atoms with Gasteiger partial charge in [0.05, 0.1) is 19.2 Å². The molecule has 7 heteroatoms. The predicted octanol–water partition coefficient (Wildman–Crippen LogP) is 4.77. The maximum absolute atomic E-state index is 12.9. The molecule has 1 amide bonds. The maximum atomic E-state index is 12.9. The normalized spacial score (nSPS) is 13.7. The summed E-state index contributed by atoms with van der Waals surface area (Å²) in [6, 6.07) is 20.2. The van der Waals surface area contributed by atoms with Crippen LogP contribution in [0.2, 0.25) is 0 Å². The van der Waals surface area contributed by atoms with Gasteiger partial charge in [-0.25, -0.2) is 4.98 Å². The molecule has 2 aromatic carbocycles. The van der Waals surface area contributed by atoms with Crippen LogP contribution >= 0.6 is 11.3 Å². The van der Waals surface area contributed by atoms with E-state index in [0.717, 1.165) is 65.0 Å². The predicted molar refractivity (Wildman–Crippen MR) is 136 cm³/mol. The highest BCUT2D eigenvalue weighted by Crippen LogP contribution is 2.29. The van der Waals surface area contributed by atoms with Crippen molar-refractivity contribution in [1.82, 2.24) is 14.9 Å². The molecule has 0 N–H and O–H groups in total. The lowest BCUT2D eigenvalue weighted by Crippen LogP contribution is -2.49. The number of hydrogen-bond acceptors (Lipinski definition) is 6. The summed E-state index contributed by atoms with van der Waals surface area (Å²) in [5, 5.41) is 3.04. The molecule has 1 fully saturated rings. The maximum Gasteiger partial charge on any atom is 0.227 e. The standard InChI is InChI=1S/C27H26N4O2S/c1-33-24-8-6-23(7-9-24)30-14-16-31(17-15-30)26(32)18-20-2-4-21(5-3-20)25-19-34-27(29-25)22-10-12-28-13-11-22/h2-13,19H,14-18H2,1H3. The van der Waals surface area contributed by atoms with Gasteiger partial charge in [-0.15, -0.1) is 11.3 Å². The van der Waals surface area contributed by atoms with Crippen LogP contribution in [-0.4, -0.2) is 54.1 Å². The first-order chi connectivity index (χ1) is 16.7. The molecule has 34 heavy (non-hydrogen) atoms. The van der Waals surface area contributed by atoms with Gasteiger partial charge in [0.15, 0.2) is 0 Å². The van der Waals surface area contributed by atoms with Crippen LogP contribution < -0.4 is 9.64 Å². The number of pyridine rings is 1. The van der Waals surface area contributed by atoms with E-state index in [1.807, 2.05) is 41.3 Å². The largest absolute Gasteiger partial charge is 0.497 e. The Morgan fingerprint density at radius 2 is 1.62 bits per heavy atom. The number of methoxy groups -OCH3 is 1. The van der Waals surface area contributed by atoms with Crippen LogP contribution in [0.4, 0.5) is 5.69 Å². The number of thiazole rings is 1. The van der Waals surface area contributed by atoms with E-state index in [1.165, 1.54) is 0 Å². The van der Waals surface area contributed by atoms with Crippen molar-refractivity contribution < 1.29 is 9.53 Å². The number of hydrogen-bond donors (Lipinski definition) is 0. The number of aromatic nitrogens is 2. The second-order valence-corrected chi connectivity index (χ2v) is 9.07. The number of piperazine rings is 1. The van der Waals surface area contributed by atoms with E-state index in [9.17, 15) is 4.79 Å². The molecule has 0 saturated carbocycles. The average molecular weight is 471 g/mol. The minimum Gasteiger partial charge on any atom is -0.497 e. The Balaban J connectivity index is 1.16. The number of rotatable bonds is 6. The molecule has 172 valence electrons. The lowest BCUT2D eigenvalue weighted by Gasteiger charge is -2.36. The van der Waals surface area contributed by atoms with E-state index in [0.29, 0.717) is 6.42 Å². The molecule has 0 aliphatic carbocycles. The number of anilines is 1. The molecule has 0 radical (unpaired) electrons. The molecular formula is C27H26N4O2S. The third-order valence-electron chi connectivity index (χ3n) is 6.11. The van der Waals surface area contributed by atoms with E-state index in [1.54, 1.807) is 30.8 Å². The van der Waals surface area contributed by atoms with Crippen molar-refractivity contribution in [2.24, 2.45) is 0 Å². The molecule has 1 saturated heterocycles. The van der Waals surface area contributed by atoms with Gasteiger partial charge < -0.3 is 14.5 Å². The summed E-state index contributed by atoms with van der Waals surface area (Å²) in [5.41, 5.74) is 5.26. The summed E-state index contributed by atoms with van der Waals surface area (Å²) in [6.45, 7) is 3.14. The monoisotopic (exact) mass is 470 g/mol. The van der Waals surface area contributed by atoms with E-state index in [4.69, 9.17) is 9.72 Å². The quantitative estimate of drug-likeness (QED) is 0.406.